The molecule has 160 valence electrons. The van der Waals surface area contributed by atoms with Gasteiger partial charge in [-0.1, -0.05) is 44.2 Å². The topological polar surface area (TPSA) is 75.4 Å². The molecule has 1 amide bonds. The smallest absolute Gasteiger partial charge is 0.290 e. The van der Waals surface area contributed by atoms with E-state index in [2.05, 4.69) is 18.8 Å². The zero-order valence-corrected chi connectivity index (χ0v) is 18.4. The second-order valence-corrected chi connectivity index (χ2v) is 8.89. The van der Waals surface area contributed by atoms with Crippen LogP contribution in [-0.2, 0) is 11.3 Å². The summed E-state index contributed by atoms with van der Waals surface area (Å²) in [5.41, 5.74) is 2.16. The molecule has 1 N–H and O–H groups in total. The first kappa shape index (κ1) is 21.1. The summed E-state index contributed by atoms with van der Waals surface area (Å²) < 4.78 is 1.94. The first-order valence-electron chi connectivity index (χ1n) is 10.3. The SMILES string of the molecule is CC(C)c1ccc(C2C(C(=O)c3cccs3)=C(O)C(=O)N2CCCn2ccnc2)cc1. The highest BCUT2D eigenvalue weighted by Gasteiger charge is 2.43. The number of carbonyl (C=O) groups is 2. The van der Waals surface area contributed by atoms with Crippen molar-refractivity contribution in [3.05, 3.63) is 87.8 Å². The van der Waals surface area contributed by atoms with E-state index in [1.54, 1.807) is 29.6 Å². The monoisotopic (exact) mass is 435 g/mol. The van der Waals surface area contributed by atoms with Gasteiger partial charge >= 0.3 is 0 Å². The summed E-state index contributed by atoms with van der Waals surface area (Å²) in [5.74, 6) is -0.861. The number of aryl methyl sites for hydroxylation is 1. The van der Waals surface area contributed by atoms with Gasteiger partial charge in [0.2, 0.25) is 5.78 Å². The van der Waals surface area contributed by atoms with Crippen molar-refractivity contribution < 1.29 is 14.7 Å². The van der Waals surface area contributed by atoms with E-state index in [9.17, 15) is 14.7 Å². The summed E-state index contributed by atoms with van der Waals surface area (Å²) in [5, 5.41) is 12.5. The number of hydrogen-bond acceptors (Lipinski definition) is 5. The third-order valence-electron chi connectivity index (χ3n) is 5.59. The van der Waals surface area contributed by atoms with Crippen molar-refractivity contribution in [3.63, 3.8) is 0 Å². The van der Waals surface area contributed by atoms with Crippen LogP contribution in [0.4, 0.5) is 0 Å². The molecule has 31 heavy (non-hydrogen) atoms. The van der Waals surface area contributed by atoms with Crippen LogP contribution < -0.4 is 0 Å². The lowest BCUT2D eigenvalue weighted by molar-refractivity contribution is -0.129. The number of benzene rings is 1. The van der Waals surface area contributed by atoms with Crippen molar-refractivity contribution in [1.82, 2.24) is 14.5 Å². The minimum atomic E-state index is -0.605. The van der Waals surface area contributed by atoms with Crippen molar-refractivity contribution in [2.75, 3.05) is 6.54 Å². The largest absolute Gasteiger partial charge is 0.503 e. The molecule has 7 heteroatoms. The van der Waals surface area contributed by atoms with E-state index in [-0.39, 0.29) is 11.4 Å². The average Bonchev–Trinajstić information content (AvgIpc) is 3.52. The predicted octanol–water partition coefficient (Wildman–Crippen LogP) is 4.74. The Morgan fingerprint density at radius 2 is 1.97 bits per heavy atom. The number of rotatable bonds is 8. The number of aliphatic hydroxyl groups is 1. The Morgan fingerprint density at radius 1 is 1.19 bits per heavy atom. The van der Waals surface area contributed by atoms with Crippen LogP contribution in [0.3, 0.4) is 0 Å². The van der Waals surface area contributed by atoms with Gasteiger partial charge in [-0.3, -0.25) is 9.59 Å². The quantitative estimate of drug-likeness (QED) is 0.519. The molecule has 0 bridgehead atoms. The minimum absolute atomic E-state index is 0.160. The Balaban J connectivity index is 1.66. The van der Waals surface area contributed by atoms with Crippen molar-refractivity contribution in [2.45, 2.75) is 38.8 Å². The van der Waals surface area contributed by atoms with Crippen LogP contribution >= 0.6 is 11.3 Å². The molecule has 0 aliphatic carbocycles. The summed E-state index contributed by atoms with van der Waals surface area (Å²) in [6, 6.07) is 10.9. The molecule has 1 aromatic carbocycles. The standard InChI is InChI=1S/C24H25N3O3S/c1-16(2)17-6-8-18(9-7-17)21-20(22(28)19-5-3-14-31-19)23(29)24(30)27(21)12-4-11-26-13-10-25-15-26/h3,5-10,13-16,21,29H,4,11-12H2,1-2H3. The first-order chi connectivity index (χ1) is 15.0. The van der Waals surface area contributed by atoms with Gasteiger partial charge in [0.1, 0.15) is 0 Å². The van der Waals surface area contributed by atoms with E-state index >= 15 is 0 Å². The van der Waals surface area contributed by atoms with Crippen molar-refractivity contribution in [2.24, 2.45) is 0 Å². The van der Waals surface area contributed by atoms with Crippen LogP contribution in [0.15, 0.2) is 71.8 Å². The van der Waals surface area contributed by atoms with Gasteiger partial charge in [0.15, 0.2) is 5.76 Å². The second-order valence-electron chi connectivity index (χ2n) is 7.95. The molecule has 0 spiro atoms. The molecule has 4 rings (SSSR count). The lowest BCUT2D eigenvalue weighted by atomic mass is 9.93. The van der Waals surface area contributed by atoms with Gasteiger partial charge in [0.25, 0.3) is 5.91 Å². The third kappa shape index (κ3) is 4.18. The van der Waals surface area contributed by atoms with Crippen LogP contribution in [0, 0.1) is 0 Å². The Bertz CT molecular complexity index is 1080. The van der Waals surface area contributed by atoms with Crippen LogP contribution in [0.25, 0.3) is 0 Å². The fourth-order valence-corrected chi connectivity index (χ4v) is 4.59. The van der Waals surface area contributed by atoms with Gasteiger partial charge in [-0.25, -0.2) is 4.98 Å². The highest BCUT2D eigenvalue weighted by Crippen LogP contribution is 2.39. The molecule has 0 fully saturated rings. The molecule has 2 aromatic heterocycles. The van der Waals surface area contributed by atoms with Crippen LogP contribution in [0.2, 0.25) is 0 Å². The maximum absolute atomic E-state index is 13.2. The van der Waals surface area contributed by atoms with Crippen LogP contribution in [0.1, 0.15) is 53.0 Å². The molecule has 1 aliphatic rings. The number of carbonyl (C=O) groups excluding carboxylic acids is 2. The van der Waals surface area contributed by atoms with Crippen molar-refractivity contribution in [3.8, 4) is 0 Å². The fraction of sp³-hybridized carbons (Fsp3) is 0.292. The Kier molecular flexibility index (Phi) is 6.04. The molecule has 1 unspecified atom stereocenters. The summed E-state index contributed by atoms with van der Waals surface area (Å²) in [4.78, 5) is 32.4. The summed E-state index contributed by atoms with van der Waals surface area (Å²) in [6.45, 7) is 5.35. The van der Waals surface area contributed by atoms with E-state index in [0.717, 1.165) is 5.56 Å². The zero-order chi connectivity index (χ0) is 22.0. The summed E-state index contributed by atoms with van der Waals surface area (Å²) in [7, 11) is 0. The molecule has 1 aliphatic heterocycles. The van der Waals surface area contributed by atoms with E-state index in [4.69, 9.17) is 0 Å². The van der Waals surface area contributed by atoms with Crippen molar-refractivity contribution >= 4 is 23.0 Å². The number of aromatic nitrogens is 2. The molecule has 6 nitrogen and oxygen atoms in total. The number of ketones is 1. The van der Waals surface area contributed by atoms with E-state index < -0.39 is 17.7 Å². The third-order valence-corrected chi connectivity index (χ3v) is 6.46. The number of aliphatic hydroxyl groups excluding tert-OH is 1. The highest BCUT2D eigenvalue weighted by atomic mass is 32.1. The Morgan fingerprint density at radius 3 is 2.58 bits per heavy atom. The Labute approximate surface area is 185 Å². The number of amides is 1. The number of imidazole rings is 1. The molecule has 0 saturated carbocycles. The second kappa shape index (κ2) is 8.89. The number of hydrogen-bond donors (Lipinski definition) is 1. The normalized spacial score (nSPS) is 16.5. The summed E-state index contributed by atoms with van der Waals surface area (Å²) >= 11 is 1.31. The van der Waals surface area contributed by atoms with E-state index in [1.807, 2.05) is 40.4 Å². The van der Waals surface area contributed by atoms with Gasteiger partial charge in [-0.2, -0.15) is 0 Å². The Hall–Kier alpha value is -3.19. The van der Waals surface area contributed by atoms with Crippen molar-refractivity contribution in [1.29, 1.82) is 0 Å². The minimum Gasteiger partial charge on any atom is -0.503 e. The number of Topliss-reactive ketones (excluding diaryl/α,β-unsaturated/α-hetero) is 1. The van der Waals surface area contributed by atoms with Gasteiger partial charge < -0.3 is 14.6 Å². The van der Waals surface area contributed by atoms with E-state index in [0.29, 0.717) is 30.3 Å². The molecule has 0 radical (unpaired) electrons. The summed E-state index contributed by atoms with van der Waals surface area (Å²) in [6.07, 6.45) is 5.99. The molecule has 1 atom stereocenters. The molecule has 3 aromatic rings. The van der Waals surface area contributed by atoms with Gasteiger partial charge in [0, 0.05) is 25.5 Å². The maximum atomic E-state index is 13.2. The fourth-order valence-electron chi connectivity index (χ4n) is 3.91. The van der Waals surface area contributed by atoms with Crippen LogP contribution in [0.5, 0.6) is 0 Å². The highest BCUT2D eigenvalue weighted by molar-refractivity contribution is 7.12. The first-order valence-corrected chi connectivity index (χ1v) is 11.2. The number of nitrogens with zero attached hydrogens (tertiary/aromatic N) is 3. The number of thiophene rings is 1. The van der Waals surface area contributed by atoms with Gasteiger partial charge in [0.05, 0.1) is 22.8 Å². The molecule has 0 saturated heterocycles. The lowest BCUT2D eigenvalue weighted by Crippen LogP contribution is -2.32. The van der Waals surface area contributed by atoms with E-state index in [1.165, 1.54) is 16.9 Å². The van der Waals surface area contributed by atoms with Gasteiger partial charge in [-0.05, 0) is 34.9 Å². The predicted molar refractivity (Wildman–Crippen MR) is 120 cm³/mol. The molecule has 3 heterocycles. The van der Waals surface area contributed by atoms with Crippen LogP contribution in [-0.4, -0.2) is 37.8 Å². The maximum Gasteiger partial charge on any atom is 0.290 e. The lowest BCUT2D eigenvalue weighted by Gasteiger charge is -2.27. The van der Waals surface area contributed by atoms with Gasteiger partial charge in [-0.15, -0.1) is 11.3 Å². The molecular weight excluding hydrogens is 410 g/mol. The average molecular weight is 436 g/mol. The zero-order valence-electron chi connectivity index (χ0n) is 17.6. The molecular formula is C24H25N3O3S.